The second-order valence-electron chi connectivity index (χ2n) is 5.70. The lowest BCUT2D eigenvalue weighted by Gasteiger charge is -2.16. The molecule has 3 heterocycles. The number of aromatic nitrogens is 2. The molecule has 0 radical (unpaired) electrons. The van der Waals surface area contributed by atoms with Gasteiger partial charge in [-0.3, -0.25) is 15.2 Å². The van der Waals surface area contributed by atoms with Gasteiger partial charge in [-0.15, -0.1) is 11.3 Å². The SMILES string of the molecule is NC(=O)Nc1sc(-c2cn[nH]c2)cc1C(=O)N[C@H]1CCCCNC1. The lowest BCUT2D eigenvalue weighted by atomic mass is 10.1. The Kier molecular flexibility index (Phi) is 5.11. The molecule has 1 saturated heterocycles. The molecule has 6 N–H and O–H groups in total. The van der Waals surface area contributed by atoms with E-state index in [0.717, 1.165) is 42.8 Å². The third-order valence-corrected chi connectivity index (χ3v) is 4.98. The van der Waals surface area contributed by atoms with Crippen molar-refractivity contribution in [3.63, 3.8) is 0 Å². The van der Waals surface area contributed by atoms with Crippen LogP contribution in [0.4, 0.5) is 9.80 Å². The molecule has 0 bridgehead atoms. The van der Waals surface area contributed by atoms with Crippen LogP contribution in [0.3, 0.4) is 0 Å². The van der Waals surface area contributed by atoms with Gasteiger partial charge in [0.25, 0.3) is 5.91 Å². The Balaban J connectivity index is 1.81. The summed E-state index contributed by atoms with van der Waals surface area (Å²) in [6, 6.07) is 1.14. The van der Waals surface area contributed by atoms with Gasteiger partial charge in [0.2, 0.25) is 0 Å². The van der Waals surface area contributed by atoms with Crippen molar-refractivity contribution < 1.29 is 9.59 Å². The number of nitrogens with zero attached hydrogens (tertiary/aromatic N) is 1. The quantitative estimate of drug-likeness (QED) is 0.574. The monoisotopic (exact) mass is 348 g/mol. The van der Waals surface area contributed by atoms with Gasteiger partial charge < -0.3 is 16.4 Å². The summed E-state index contributed by atoms with van der Waals surface area (Å²) >= 11 is 1.29. The minimum Gasteiger partial charge on any atom is -0.351 e. The summed E-state index contributed by atoms with van der Waals surface area (Å²) in [5, 5.41) is 16.0. The van der Waals surface area contributed by atoms with E-state index < -0.39 is 6.03 Å². The second-order valence-corrected chi connectivity index (χ2v) is 6.75. The van der Waals surface area contributed by atoms with Crippen molar-refractivity contribution in [3.05, 3.63) is 24.0 Å². The number of primary amides is 1. The van der Waals surface area contributed by atoms with Gasteiger partial charge in [0, 0.05) is 29.2 Å². The van der Waals surface area contributed by atoms with E-state index in [9.17, 15) is 9.59 Å². The molecule has 0 unspecified atom stereocenters. The lowest BCUT2D eigenvalue weighted by molar-refractivity contribution is 0.0937. The molecule has 9 heteroatoms. The number of anilines is 1. The third-order valence-electron chi connectivity index (χ3n) is 3.88. The van der Waals surface area contributed by atoms with Gasteiger partial charge >= 0.3 is 6.03 Å². The van der Waals surface area contributed by atoms with Crippen LogP contribution in [0.1, 0.15) is 29.6 Å². The maximum absolute atomic E-state index is 12.7. The standard InChI is InChI=1S/C15H20N6O2S/c16-15(23)21-14-11(5-12(24-14)9-6-18-19-7-9)13(22)20-10-3-1-2-4-17-8-10/h5-7,10,17H,1-4,8H2,(H,18,19)(H,20,22)(H3,16,21,23)/t10-/m0/s1. The summed E-state index contributed by atoms with van der Waals surface area (Å²) in [6.07, 6.45) is 6.53. The predicted molar refractivity (Wildman–Crippen MR) is 93.1 cm³/mol. The van der Waals surface area contributed by atoms with Crippen molar-refractivity contribution in [2.75, 3.05) is 18.4 Å². The Morgan fingerprint density at radius 2 is 2.25 bits per heavy atom. The smallest absolute Gasteiger partial charge is 0.317 e. The first-order valence-corrected chi connectivity index (χ1v) is 8.66. The van der Waals surface area contributed by atoms with Gasteiger partial charge in [0.05, 0.1) is 11.8 Å². The van der Waals surface area contributed by atoms with Gasteiger partial charge in [-0.2, -0.15) is 5.10 Å². The van der Waals surface area contributed by atoms with E-state index in [1.807, 2.05) is 0 Å². The number of nitrogens with two attached hydrogens (primary N) is 1. The van der Waals surface area contributed by atoms with E-state index in [4.69, 9.17) is 5.73 Å². The molecule has 0 aromatic carbocycles. The fraction of sp³-hybridized carbons (Fsp3) is 0.400. The van der Waals surface area contributed by atoms with E-state index in [1.54, 1.807) is 18.5 Å². The van der Waals surface area contributed by atoms with Crippen molar-refractivity contribution >= 4 is 28.3 Å². The van der Waals surface area contributed by atoms with Crippen LogP contribution < -0.4 is 21.7 Å². The summed E-state index contributed by atoms with van der Waals surface area (Å²) in [7, 11) is 0. The Labute approximate surface area is 143 Å². The maximum Gasteiger partial charge on any atom is 0.317 e. The molecule has 0 saturated carbocycles. The van der Waals surface area contributed by atoms with E-state index in [0.29, 0.717) is 10.6 Å². The topological polar surface area (TPSA) is 125 Å². The Morgan fingerprint density at radius 3 is 3.00 bits per heavy atom. The molecule has 0 aliphatic carbocycles. The Hall–Kier alpha value is -2.39. The first-order valence-electron chi connectivity index (χ1n) is 7.84. The number of H-pyrrole nitrogens is 1. The second kappa shape index (κ2) is 7.45. The molecule has 2 aromatic heterocycles. The number of carbonyl (C=O) groups is 2. The summed E-state index contributed by atoms with van der Waals surface area (Å²) in [5.74, 6) is -0.210. The van der Waals surface area contributed by atoms with Gasteiger partial charge in [0.1, 0.15) is 5.00 Å². The summed E-state index contributed by atoms with van der Waals surface area (Å²) in [5.41, 5.74) is 6.49. The number of nitrogens with one attached hydrogen (secondary N) is 4. The van der Waals surface area contributed by atoms with Crippen molar-refractivity contribution in [2.45, 2.75) is 25.3 Å². The molecule has 3 amide bonds. The fourth-order valence-electron chi connectivity index (χ4n) is 2.70. The minimum atomic E-state index is -0.694. The average Bonchev–Trinajstić information content (AvgIpc) is 3.13. The molecule has 3 rings (SSSR count). The maximum atomic E-state index is 12.7. The molecule has 1 fully saturated rings. The van der Waals surface area contributed by atoms with Crippen LogP contribution in [-0.4, -0.2) is 41.3 Å². The van der Waals surface area contributed by atoms with Crippen LogP contribution in [0.5, 0.6) is 0 Å². The Bertz CT molecular complexity index is 704. The van der Waals surface area contributed by atoms with Gasteiger partial charge in [-0.25, -0.2) is 4.79 Å². The highest BCUT2D eigenvalue weighted by atomic mass is 32.1. The van der Waals surface area contributed by atoms with Gasteiger partial charge in [-0.05, 0) is 25.5 Å². The van der Waals surface area contributed by atoms with E-state index in [1.165, 1.54) is 11.3 Å². The summed E-state index contributed by atoms with van der Waals surface area (Å²) < 4.78 is 0. The molecular weight excluding hydrogens is 328 g/mol. The van der Waals surface area contributed by atoms with Crippen LogP contribution in [-0.2, 0) is 0 Å². The zero-order valence-electron chi connectivity index (χ0n) is 13.1. The number of amides is 3. The number of rotatable bonds is 4. The van der Waals surface area contributed by atoms with Crippen LogP contribution >= 0.6 is 11.3 Å². The summed E-state index contributed by atoms with van der Waals surface area (Å²) in [6.45, 7) is 1.73. The molecule has 2 aromatic rings. The highest BCUT2D eigenvalue weighted by Gasteiger charge is 2.21. The van der Waals surface area contributed by atoms with E-state index in [2.05, 4.69) is 26.1 Å². The third kappa shape index (κ3) is 3.92. The van der Waals surface area contributed by atoms with Crippen molar-refractivity contribution in [2.24, 2.45) is 5.73 Å². The normalized spacial score (nSPS) is 17.9. The highest BCUT2D eigenvalue weighted by molar-refractivity contribution is 7.20. The van der Waals surface area contributed by atoms with Crippen LogP contribution in [0.15, 0.2) is 18.5 Å². The molecule has 8 nitrogen and oxygen atoms in total. The van der Waals surface area contributed by atoms with Gasteiger partial charge in [0.15, 0.2) is 0 Å². The first-order chi connectivity index (χ1) is 11.6. The zero-order valence-corrected chi connectivity index (χ0v) is 13.9. The van der Waals surface area contributed by atoms with E-state index in [-0.39, 0.29) is 11.9 Å². The molecular formula is C15H20N6O2S. The number of hydrogen-bond acceptors (Lipinski definition) is 5. The first kappa shape index (κ1) is 16.5. The summed E-state index contributed by atoms with van der Waals surface area (Å²) in [4.78, 5) is 24.7. The molecule has 24 heavy (non-hydrogen) atoms. The number of hydrogen-bond donors (Lipinski definition) is 5. The van der Waals surface area contributed by atoms with Crippen molar-refractivity contribution in [1.29, 1.82) is 0 Å². The predicted octanol–water partition coefficient (Wildman–Crippen LogP) is 1.50. The number of aromatic amines is 1. The van der Waals surface area contributed by atoms with Crippen molar-refractivity contribution in [3.8, 4) is 10.4 Å². The Morgan fingerprint density at radius 1 is 1.38 bits per heavy atom. The molecule has 1 aliphatic rings. The average molecular weight is 348 g/mol. The number of carbonyl (C=O) groups excluding carboxylic acids is 2. The lowest BCUT2D eigenvalue weighted by Crippen LogP contribution is -2.41. The molecule has 0 spiro atoms. The van der Waals surface area contributed by atoms with Crippen LogP contribution in [0.2, 0.25) is 0 Å². The number of thiophene rings is 1. The molecule has 1 aliphatic heterocycles. The van der Waals surface area contributed by atoms with E-state index >= 15 is 0 Å². The van der Waals surface area contributed by atoms with Crippen molar-refractivity contribution in [1.82, 2.24) is 20.8 Å². The number of urea groups is 1. The largest absolute Gasteiger partial charge is 0.351 e. The highest BCUT2D eigenvalue weighted by Crippen LogP contribution is 2.35. The molecule has 128 valence electrons. The van der Waals surface area contributed by atoms with Gasteiger partial charge in [-0.1, -0.05) is 6.42 Å². The van der Waals surface area contributed by atoms with Crippen LogP contribution in [0, 0.1) is 0 Å². The molecule has 1 atom stereocenters. The zero-order chi connectivity index (χ0) is 16.9. The fourth-order valence-corrected chi connectivity index (χ4v) is 3.74. The van der Waals surface area contributed by atoms with Crippen LogP contribution in [0.25, 0.3) is 10.4 Å². The minimum absolute atomic E-state index is 0.0821.